The molecule has 2 amide bonds. The SMILES string of the molecule is COc1ccc(NC(=O)CN(CCC2=CCCCC2)C(C)=O)cc1OC. The molecule has 1 N–H and O–H groups in total. The van der Waals surface area contributed by atoms with Crippen LogP contribution in [0, 0.1) is 0 Å². The van der Waals surface area contributed by atoms with Crippen LogP contribution in [0.3, 0.4) is 0 Å². The molecule has 0 aromatic heterocycles. The summed E-state index contributed by atoms with van der Waals surface area (Å²) in [7, 11) is 3.10. The highest BCUT2D eigenvalue weighted by Crippen LogP contribution is 2.29. The van der Waals surface area contributed by atoms with Crippen LogP contribution < -0.4 is 14.8 Å². The van der Waals surface area contributed by atoms with Crippen molar-refractivity contribution in [3.05, 3.63) is 29.8 Å². The first-order valence-electron chi connectivity index (χ1n) is 8.98. The molecule has 1 aliphatic rings. The van der Waals surface area contributed by atoms with Gasteiger partial charge in [0.2, 0.25) is 11.8 Å². The lowest BCUT2D eigenvalue weighted by molar-refractivity contribution is -0.132. The van der Waals surface area contributed by atoms with Crippen LogP contribution in [0.5, 0.6) is 11.5 Å². The maximum absolute atomic E-state index is 12.3. The molecule has 2 rings (SSSR count). The van der Waals surface area contributed by atoms with E-state index in [1.165, 1.54) is 25.3 Å². The maximum Gasteiger partial charge on any atom is 0.243 e. The van der Waals surface area contributed by atoms with Gasteiger partial charge >= 0.3 is 0 Å². The number of carbonyl (C=O) groups excluding carboxylic acids is 2. The third-order valence-corrected chi connectivity index (χ3v) is 4.53. The fraction of sp³-hybridized carbons (Fsp3) is 0.500. The summed E-state index contributed by atoms with van der Waals surface area (Å²) in [6.07, 6.45) is 7.78. The Morgan fingerprint density at radius 3 is 2.54 bits per heavy atom. The Labute approximate surface area is 155 Å². The summed E-state index contributed by atoms with van der Waals surface area (Å²) < 4.78 is 10.4. The molecule has 142 valence electrons. The van der Waals surface area contributed by atoms with Crippen molar-refractivity contribution in [3.8, 4) is 11.5 Å². The summed E-state index contributed by atoms with van der Waals surface area (Å²) in [5, 5.41) is 2.81. The van der Waals surface area contributed by atoms with Gasteiger partial charge in [-0.3, -0.25) is 9.59 Å². The van der Waals surface area contributed by atoms with Gasteiger partial charge in [-0.15, -0.1) is 0 Å². The summed E-state index contributed by atoms with van der Waals surface area (Å²) in [6, 6.07) is 5.17. The van der Waals surface area contributed by atoms with Crippen LogP contribution in [-0.4, -0.2) is 44.0 Å². The first-order valence-corrected chi connectivity index (χ1v) is 8.98. The lowest BCUT2D eigenvalue weighted by Crippen LogP contribution is -2.37. The van der Waals surface area contributed by atoms with Gasteiger partial charge in [-0.25, -0.2) is 0 Å². The molecule has 0 saturated carbocycles. The Morgan fingerprint density at radius 2 is 1.92 bits per heavy atom. The number of allylic oxidation sites excluding steroid dienone is 1. The topological polar surface area (TPSA) is 67.9 Å². The summed E-state index contributed by atoms with van der Waals surface area (Å²) in [5.41, 5.74) is 1.99. The Kier molecular flexibility index (Phi) is 7.51. The van der Waals surface area contributed by atoms with Crippen molar-refractivity contribution in [2.75, 3.05) is 32.6 Å². The molecule has 0 unspecified atom stereocenters. The second-order valence-electron chi connectivity index (χ2n) is 6.42. The molecule has 0 atom stereocenters. The largest absolute Gasteiger partial charge is 0.493 e. The van der Waals surface area contributed by atoms with Crippen molar-refractivity contribution in [1.29, 1.82) is 0 Å². The first-order chi connectivity index (χ1) is 12.5. The average Bonchev–Trinajstić information content (AvgIpc) is 2.65. The van der Waals surface area contributed by atoms with Crippen LogP contribution in [0.2, 0.25) is 0 Å². The van der Waals surface area contributed by atoms with E-state index in [2.05, 4.69) is 11.4 Å². The maximum atomic E-state index is 12.3. The molecular weight excluding hydrogens is 332 g/mol. The minimum atomic E-state index is -0.231. The van der Waals surface area contributed by atoms with Crippen LogP contribution in [0.25, 0.3) is 0 Å². The van der Waals surface area contributed by atoms with Crippen LogP contribution in [0.1, 0.15) is 39.0 Å². The Bertz CT molecular complexity index is 670. The van der Waals surface area contributed by atoms with Gasteiger partial charge in [0.1, 0.15) is 0 Å². The van der Waals surface area contributed by atoms with Gasteiger partial charge in [-0.1, -0.05) is 11.6 Å². The quantitative estimate of drug-likeness (QED) is 0.722. The van der Waals surface area contributed by atoms with Crippen molar-refractivity contribution in [2.45, 2.75) is 39.0 Å². The summed E-state index contributed by atoms with van der Waals surface area (Å²) in [6.45, 7) is 2.11. The van der Waals surface area contributed by atoms with Crippen LogP contribution >= 0.6 is 0 Å². The smallest absolute Gasteiger partial charge is 0.243 e. The molecular formula is C20H28N2O4. The molecule has 0 saturated heterocycles. The molecule has 1 aromatic rings. The predicted molar refractivity (Wildman–Crippen MR) is 102 cm³/mol. The summed E-state index contributed by atoms with van der Waals surface area (Å²) >= 11 is 0. The second-order valence-corrected chi connectivity index (χ2v) is 6.42. The molecule has 0 bridgehead atoms. The fourth-order valence-electron chi connectivity index (χ4n) is 3.05. The minimum Gasteiger partial charge on any atom is -0.493 e. The van der Waals surface area contributed by atoms with Gasteiger partial charge in [0.15, 0.2) is 11.5 Å². The van der Waals surface area contributed by atoms with Crippen LogP contribution in [0.4, 0.5) is 5.69 Å². The predicted octanol–water partition coefficient (Wildman–Crippen LogP) is 3.38. The summed E-state index contributed by atoms with van der Waals surface area (Å²) in [5.74, 6) is 0.809. The van der Waals surface area contributed by atoms with E-state index in [1.807, 2.05) is 0 Å². The Morgan fingerprint density at radius 1 is 1.15 bits per heavy atom. The average molecular weight is 360 g/mol. The van der Waals surface area contributed by atoms with Crippen molar-refractivity contribution in [3.63, 3.8) is 0 Å². The van der Waals surface area contributed by atoms with Gasteiger partial charge in [0.05, 0.1) is 20.8 Å². The highest BCUT2D eigenvalue weighted by Gasteiger charge is 2.15. The fourth-order valence-corrected chi connectivity index (χ4v) is 3.05. The van der Waals surface area contributed by atoms with E-state index in [9.17, 15) is 9.59 Å². The van der Waals surface area contributed by atoms with Crippen molar-refractivity contribution >= 4 is 17.5 Å². The molecule has 1 aromatic carbocycles. The van der Waals surface area contributed by atoms with E-state index in [1.54, 1.807) is 37.3 Å². The number of benzene rings is 1. The number of nitrogens with one attached hydrogen (secondary N) is 1. The standard InChI is InChI=1S/C20H28N2O4/c1-15(23)22(12-11-16-7-5-4-6-8-16)14-20(24)21-17-9-10-18(25-2)19(13-17)26-3/h7,9-10,13H,4-6,8,11-12,14H2,1-3H3,(H,21,24). The van der Waals surface area contributed by atoms with Gasteiger partial charge in [0.25, 0.3) is 0 Å². The van der Waals surface area contributed by atoms with Gasteiger partial charge in [-0.2, -0.15) is 0 Å². The zero-order valence-electron chi connectivity index (χ0n) is 15.8. The zero-order valence-corrected chi connectivity index (χ0v) is 15.8. The Balaban J connectivity index is 1.92. The second kappa shape index (κ2) is 9.85. The van der Waals surface area contributed by atoms with E-state index in [0.29, 0.717) is 23.7 Å². The molecule has 6 nitrogen and oxygen atoms in total. The normalized spacial score (nSPS) is 13.6. The van der Waals surface area contributed by atoms with E-state index in [-0.39, 0.29) is 18.4 Å². The number of carbonyl (C=O) groups is 2. The van der Waals surface area contributed by atoms with E-state index in [0.717, 1.165) is 19.3 Å². The zero-order chi connectivity index (χ0) is 18.9. The number of ether oxygens (including phenoxy) is 2. The lowest BCUT2D eigenvalue weighted by atomic mass is 9.97. The van der Waals surface area contributed by atoms with E-state index >= 15 is 0 Å². The Hall–Kier alpha value is -2.50. The molecule has 0 radical (unpaired) electrons. The molecule has 1 aliphatic carbocycles. The van der Waals surface area contributed by atoms with Gasteiger partial charge < -0.3 is 19.7 Å². The third-order valence-electron chi connectivity index (χ3n) is 4.53. The number of hydrogen-bond acceptors (Lipinski definition) is 4. The molecule has 0 fully saturated rings. The number of hydrogen-bond donors (Lipinski definition) is 1. The molecule has 26 heavy (non-hydrogen) atoms. The monoisotopic (exact) mass is 360 g/mol. The van der Waals surface area contributed by atoms with Crippen LogP contribution in [0.15, 0.2) is 29.8 Å². The third kappa shape index (κ3) is 5.79. The summed E-state index contributed by atoms with van der Waals surface area (Å²) in [4.78, 5) is 25.8. The highest BCUT2D eigenvalue weighted by atomic mass is 16.5. The number of nitrogens with zero attached hydrogens (tertiary/aromatic N) is 1. The number of methoxy groups -OCH3 is 2. The first kappa shape index (κ1) is 19.8. The molecule has 0 heterocycles. The molecule has 0 aliphatic heterocycles. The van der Waals surface area contributed by atoms with Crippen molar-refractivity contribution in [1.82, 2.24) is 4.90 Å². The van der Waals surface area contributed by atoms with Gasteiger partial charge in [-0.05, 0) is 44.2 Å². The molecule has 6 heteroatoms. The van der Waals surface area contributed by atoms with E-state index < -0.39 is 0 Å². The molecule has 0 spiro atoms. The highest BCUT2D eigenvalue weighted by molar-refractivity contribution is 5.94. The number of anilines is 1. The minimum absolute atomic E-state index is 0.0386. The van der Waals surface area contributed by atoms with Crippen LogP contribution in [-0.2, 0) is 9.59 Å². The van der Waals surface area contributed by atoms with E-state index in [4.69, 9.17) is 9.47 Å². The number of amides is 2. The van der Waals surface area contributed by atoms with Gasteiger partial charge in [0, 0.05) is 25.2 Å². The van der Waals surface area contributed by atoms with Crippen molar-refractivity contribution in [2.24, 2.45) is 0 Å². The van der Waals surface area contributed by atoms with Crippen molar-refractivity contribution < 1.29 is 19.1 Å². The number of rotatable bonds is 8. The lowest BCUT2D eigenvalue weighted by Gasteiger charge is -2.22.